The van der Waals surface area contributed by atoms with Gasteiger partial charge in [-0.2, -0.15) is 4.31 Å². The number of benzene rings is 1. The van der Waals surface area contributed by atoms with Crippen molar-refractivity contribution in [2.75, 3.05) is 38.7 Å². The Morgan fingerprint density at radius 2 is 1.96 bits per heavy atom. The summed E-state index contributed by atoms with van der Waals surface area (Å²) in [6, 6.07) is 6.13. The second kappa shape index (κ2) is 9.10. The first-order chi connectivity index (χ1) is 13.3. The fourth-order valence-electron chi connectivity index (χ4n) is 2.85. The van der Waals surface area contributed by atoms with Crippen molar-refractivity contribution in [3.05, 3.63) is 40.3 Å². The quantitative estimate of drug-likeness (QED) is 0.728. The van der Waals surface area contributed by atoms with Crippen LogP contribution in [0.2, 0.25) is 0 Å². The third-order valence-corrected chi connectivity index (χ3v) is 7.03. The van der Waals surface area contributed by atoms with Crippen molar-refractivity contribution in [2.24, 2.45) is 0 Å². The molecule has 2 aromatic rings. The molecule has 1 N–H and O–H groups in total. The Bertz CT molecular complexity index is 906. The van der Waals surface area contributed by atoms with Gasteiger partial charge in [0, 0.05) is 38.1 Å². The molecule has 1 amide bonds. The van der Waals surface area contributed by atoms with Gasteiger partial charge in [0.1, 0.15) is 5.01 Å². The van der Waals surface area contributed by atoms with Crippen molar-refractivity contribution in [2.45, 2.75) is 24.9 Å². The summed E-state index contributed by atoms with van der Waals surface area (Å²) in [7, 11) is -2.10. The number of carbonyl (C=O) groups is 1. The number of anilines is 1. The van der Waals surface area contributed by atoms with Gasteiger partial charge >= 0.3 is 0 Å². The van der Waals surface area contributed by atoms with Gasteiger partial charge in [-0.3, -0.25) is 9.69 Å². The molecule has 3 rings (SSSR count). The van der Waals surface area contributed by atoms with Gasteiger partial charge < -0.3 is 10.1 Å². The lowest BCUT2D eigenvalue weighted by atomic mass is 10.3. The van der Waals surface area contributed by atoms with Crippen LogP contribution in [0.3, 0.4) is 0 Å². The molecule has 1 aliphatic heterocycles. The van der Waals surface area contributed by atoms with Gasteiger partial charge in [0.05, 0.1) is 36.9 Å². The zero-order chi connectivity index (χ0) is 20.1. The minimum atomic E-state index is -3.64. The summed E-state index contributed by atoms with van der Waals surface area (Å²) in [5, 5.41) is 5.50. The highest BCUT2D eigenvalue weighted by atomic mass is 32.2. The first kappa shape index (κ1) is 20.9. The highest BCUT2D eigenvalue weighted by molar-refractivity contribution is 7.89. The van der Waals surface area contributed by atoms with Crippen molar-refractivity contribution in [3.63, 3.8) is 0 Å². The number of morpholine rings is 1. The molecule has 2 heterocycles. The van der Waals surface area contributed by atoms with Crippen LogP contribution in [0.1, 0.15) is 17.6 Å². The normalized spacial score (nSPS) is 15.7. The molecular formula is C18H24N4O4S2. The van der Waals surface area contributed by atoms with Gasteiger partial charge in [-0.05, 0) is 24.3 Å². The van der Waals surface area contributed by atoms with Gasteiger partial charge in [0.2, 0.25) is 15.9 Å². The van der Waals surface area contributed by atoms with E-state index in [1.54, 1.807) is 23.5 Å². The predicted molar refractivity (Wildman–Crippen MR) is 108 cm³/mol. The summed E-state index contributed by atoms with van der Waals surface area (Å²) in [4.78, 5) is 18.1. The molecule has 0 atom stereocenters. The van der Waals surface area contributed by atoms with Gasteiger partial charge in [-0.1, -0.05) is 0 Å². The smallest absolute Gasteiger partial charge is 0.243 e. The Morgan fingerprint density at radius 1 is 1.29 bits per heavy atom. The van der Waals surface area contributed by atoms with E-state index < -0.39 is 10.0 Å². The number of hydrogen-bond donors (Lipinski definition) is 1. The monoisotopic (exact) mass is 424 g/mol. The summed E-state index contributed by atoms with van der Waals surface area (Å²) >= 11 is 1.54. The Hall–Kier alpha value is -1.85. The van der Waals surface area contributed by atoms with E-state index in [4.69, 9.17) is 4.74 Å². The van der Waals surface area contributed by atoms with Crippen molar-refractivity contribution in [1.82, 2.24) is 14.2 Å². The molecule has 0 spiro atoms. The molecule has 8 nitrogen and oxygen atoms in total. The second-order valence-electron chi connectivity index (χ2n) is 6.59. The molecule has 152 valence electrons. The second-order valence-corrected chi connectivity index (χ2v) is 9.58. The van der Waals surface area contributed by atoms with Gasteiger partial charge in [0.25, 0.3) is 0 Å². The molecule has 0 saturated carbocycles. The van der Waals surface area contributed by atoms with Crippen LogP contribution < -0.4 is 5.32 Å². The number of hydrogen-bond acceptors (Lipinski definition) is 7. The van der Waals surface area contributed by atoms with Crippen molar-refractivity contribution >= 4 is 33.0 Å². The Morgan fingerprint density at radius 3 is 2.61 bits per heavy atom. The molecule has 0 radical (unpaired) electrons. The number of nitrogens with zero attached hydrogens (tertiary/aromatic N) is 3. The fraction of sp³-hybridized carbons (Fsp3) is 0.444. The van der Waals surface area contributed by atoms with Crippen molar-refractivity contribution in [1.29, 1.82) is 0 Å². The van der Waals surface area contributed by atoms with Crippen molar-refractivity contribution < 1.29 is 17.9 Å². The lowest BCUT2D eigenvalue weighted by Crippen LogP contribution is -2.35. The number of amides is 1. The van der Waals surface area contributed by atoms with Crippen LogP contribution in [-0.2, 0) is 32.6 Å². The maximum absolute atomic E-state index is 12.8. The van der Waals surface area contributed by atoms with Gasteiger partial charge in [0.15, 0.2) is 0 Å². The van der Waals surface area contributed by atoms with E-state index in [2.05, 4.69) is 15.2 Å². The van der Waals surface area contributed by atoms with E-state index in [-0.39, 0.29) is 17.3 Å². The molecule has 1 fully saturated rings. The summed E-state index contributed by atoms with van der Waals surface area (Å²) in [5.74, 6) is -0.204. The molecule has 1 aromatic carbocycles. The predicted octanol–water partition coefficient (Wildman–Crippen LogP) is 1.75. The van der Waals surface area contributed by atoms with Crippen LogP contribution >= 0.6 is 11.3 Å². The van der Waals surface area contributed by atoms with Crippen LogP contribution in [-0.4, -0.2) is 61.9 Å². The third kappa shape index (κ3) is 5.36. The standard InChI is InChI=1S/C18H24N4O4S2/c1-14(23)19-15-3-5-17(6-4-15)28(24,25)21(2)11-16-13-27-18(20-16)12-22-7-9-26-10-8-22/h3-6,13H,7-12H2,1-2H3,(H,19,23). The summed E-state index contributed by atoms with van der Waals surface area (Å²) in [6.45, 7) is 5.61. The maximum Gasteiger partial charge on any atom is 0.243 e. The molecule has 1 aromatic heterocycles. The number of rotatable bonds is 7. The summed E-state index contributed by atoms with van der Waals surface area (Å²) in [6.07, 6.45) is 0. The van der Waals surface area contributed by atoms with E-state index >= 15 is 0 Å². The fourth-order valence-corrected chi connectivity index (χ4v) is 4.82. The topological polar surface area (TPSA) is 91.8 Å². The SMILES string of the molecule is CC(=O)Nc1ccc(S(=O)(=O)N(C)Cc2csc(CN3CCOCC3)n2)cc1. The lowest BCUT2D eigenvalue weighted by molar-refractivity contribution is -0.114. The molecule has 0 bridgehead atoms. The Balaban J connectivity index is 1.63. The molecule has 28 heavy (non-hydrogen) atoms. The lowest BCUT2D eigenvalue weighted by Gasteiger charge is -2.25. The number of aromatic nitrogens is 1. The number of thiazole rings is 1. The minimum Gasteiger partial charge on any atom is -0.379 e. The van der Waals surface area contributed by atoms with Crippen LogP contribution in [0.5, 0.6) is 0 Å². The molecule has 10 heteroatoms. The summed E-state index contributed by atoms with van der Waals surface area (Å²) < 4.78 is 32.2. The van der Waals surface area contributed by atoms with E-state index in [1.807, 2.05) is 5.38 Å². The van der Waals surface area contributed by atoms with Crippen molar-refractivity contribution in [3.8, 4) is 0 Å². The van der Waals surface area contributed by atoms with E-state index in [1.165, 1.54) is 30.4 Å². The highest BCUT2D eigenvalue weighted by Crippen LogP contribution is 2.20. The Kier molecular flexibility index (Phi) is 6.78. The van der Waals surface area contributed by atoms with Crippen LogP contribution in [0.15, 0.2) is 34.5 Å². The number of sulfonamides is 1. The van der Waals surface area contributed by atoms with E-state index in [9.17, 15) is 13.2 Å². The Labute approximate surface area is 169 Å². The molecule has 0 aliphatic carbocycles. The average Bonchev–Trinajstić information content (AvgIpc) is 3.09. The first-order valence-corrected chi connectivity index (χ1v) is 11.2. The highest BCUT2D eigenvalue weighted by Gasteiger charge is 2.22. The molecule has 1 saturated heterocycles. The number of nitrogens with one attached hydrogen (secondary N) is 1. The maximum atomic E-state index is 12.8. The minimum absolute atomic E-state index is 0.174. The largest absolute Gasteiger partial charge is 0.379 e. The van der Waals surface area contributed by atoms with Crippen LogP contribution in [0, 0.1) is 0 Å². The van der Waals surface area contributed by atoms with E-state index in [0.717, 1.165) is 43.5 Å². The number of carbonyl (C=O) groups excluding carboxylic acids is 1. The summed E-state index contributed by atoms with van der Waals surface area (Å²) in [5.41, 5.74) is 1.29. The third-order valence-electron chi connectivity index (χ3n) is 4.33. The van der Waals surface area contributed by atoms with Gasteiger partial charge in [-0.15, -0.1) is 11.3 Å². The van der Waals surface area contributed by atoms with Crippen LogP contribution in [0.25, 0.3) is 0 Å². The van der Waals surface area contributed by atoms with E-state index in [0.29, 0.717) is 5.69 Å². The molecular weight excluding hydrogens is 400 g/mol. The zero-order valence-electron chi connectivity index (χ0n) is 15.9. The molecule has 1 aliphatic rings. The van der Waals surface area contributed by atoms with Crippen LogP contribution in [0.4, 0.5) is 5.69 Å². The first-order valence-electron chi connectivity index (χ1n) is 8.92. The number of ether oxygens (including phenoxy) is 1. The van der Waals surface area contributed by atoms with Gasteiger partial charge in [-0.25, -0.2) is 13.4 Å². The average molecular weight is 425 g/mol. The molecule has 0 unspecified atom stereocenters. The zero-order valence-corrected chi connectivity index (χ0v) is 17.6.